The third-order valence-corrected chi connectivity index (χ3v) is 9.60. The number of aromatic nitrogens is 6. The third-order valence-electron chi connectivity index (χ3n) is 8.44. The normalized spacial score (nSPS) is 20.1. The third kappa shape index (κ3) is 4.49. The second-order valence-corrected chi connectivity index (χ2v) is 13.1. The lowest BCUT2D eigenvalue weighted by Crippen LogP contribution is -2.46. The highest BCUT2D eigenvalue weighted by Crippen LogP contribution is 2.45. The van der Waals surface area contributed by atoms with Crippen LogP contribution in [0.1, 0.15) is 47.8 Å². The molecule has 6 heterocycles. The number of carbonyl (C=O) groups is 1. The lowest BCUT2D eigenvalue weighted by atomic mass is 9.87. The van der Waals surface area contributed by atoms with Crippen molar-refractivity contribution in [3.8, 4) is 22.4 Å². The number of rotatable bonds is 5. The second-order valence-electron chi connectivity index (χ2n) is 11.2. The molecule has 1 aromatic carbocycles. The van der Waals surface area contributed by atoms with E-state index >= 15 is 0 Å². The topological polar surface area (TPSA) is 178 Å². The van der Waals surface area contributed by atoms with Crippen LogP contribution in [0.5, 0.6) is 0 Å². The number of nitrogen functional groups attached to an aromatic ring is 2. The van der Waals surface area contributed by atoms with Gasteiger partial charge in [0.2, 0.25) is 0 Å². The first-order valence-corrected chi connectivity index (χ1v) is 15.7. The molecular formula is C29H28FN9O3S. The highest BCUT2D eigenvalue weighted by Gasteiger charge is 2.46. The largest absolute Gasteiger partial charge is 0.382 e. The molecule has 220 valence electrons. The Labute approximate surface area is 245 Å². The van der Waals surface area contributed by atoms with Gasteiger partial charge < -0.3 is 16.4 Å². The zero-order chi connectivity index (χ0) is 30.0. The number of aromatic amines is 1. The predicted molar refractivity (Wildman–Crippen MR) is 157 cm³/mol. The van der Waals surface area contributed by atoms with E-state index < -0.39 is 9.84 Å². The van der Waals surface area contributed by atoms with E-state index in [1.165, 1.54) is 16.6 Å². The maximum Gasteiger partial charge on any atom is 0.272 e. The Kier molecular flexibility index (Phi) is 6.20. The number of nitrogens with one attached hydrogen (secondary N) is 1. The Morgan fingerprint density at radius 3 is 2.42 bits per heavy atom. The summed E-state index contributed by atoms with van der Waals surface area (Å²) in [6.45, 7) is 0. The van der Waals surface area contributed by atoms with Crippen molar-refractivity contribution >= 4 is 33.0 Å². The molecule has 2 aliphatic heterocycles. The van der Waals surface area contributed by atoms with Gasteiger partial charge in [-0.3, -0.25) is 14.9 Å². The van der Waals surface area contributed by atoms with E-state index in [2.05, 4.69) is 20.3 Å². The van der Waals surface area contributed by atoms with Crippen molar-refractivity contribution < 1.29 is 17.6 Å². The van der Waals surface area contributed by atoms with Crippen LogP contribution in [0.25, 0.3) is 28.0 Å². The Morgan fingerprint density at radius 2 is 1.79 bits per heavy atom. The fourth-order valence-corrected chi connectivity index (χ4v) is 7.64. The van der Waals surface area contributed by atoms with Gasteiger partial charge in [-0.15, -0.1) is 0 Å². The molecule has 3 atom stereocenters. The molecule has 5 aromatic rings. The van der Waals surface area contributed by atoms with Crippen LogP contribution in [-0.4, -0.2) is 67.3 Å². The molecule has 2 saturated heterocycles. The van der Waals surface area contributed by atoms with Gasteiger partial charge in [-0.1, -0.05) is 18.2 Å². The van der Waals surface area contributed by atoms with Gasteiger partial charge >= 0.3 is 0 Å². The zero-order valence-electron chi connectivity index (χ0n) is 23.1. The number of anilines is 2. The fourth-order valence-electron chi connectivity index (χ4n) is 6.58. The van der Waals surface area contributed by atoms with Crippen LogP contribution < -0.4 is 11.5 Å². The number of fused-ring (bicyclic) bond motifs is 3. The minimum Gasteiger partial charge on any atom is -0.382 e. The summed E-state index contributed by atoms with van der Waals surface area (Å²) in [6.07, 6.45) is 6.92. The van der Waals surface area contributed by atoms with Crippen LogP contribution in [0.4, 0.5) is 16.0 Å². The number of nitrogens with two attached hydrogens (primary N) is 2. The van der Waals surface area contributed by atoms with E-state index in [9.17, 15) is 17.6 Å². The van der Waals surface area contributed by atoms with Crippen molar-refractivity contribution in [3.63, 3.8) is 0 Å². The number of H-pyrrole nitrogens is 1. The van der Waals surface area contributed by atoms with Crippen molar-refractivity contribution in [2.24, 2.45) is 0 Å². The number of hydrogen-bond acceptors (Lipinski definition) is 9. The molecular weight excluding hydrogens is 573 g/mol. The van der Waals surface area contributed by atoms with Crippen LogP contribution in [-0.2, 0) is 9.84 Å². The lowest BCUT2D eigenvalue weighted by Gasteiger charge is -2.39. The molecule has 0 radical (unpaired) electrons. The number of pyridine rings is 1. The summed E-state index contributed by atoms with van der Waals surface area (Å²) in [5.74, 6) is -0.587. The van der Waals surface area contributed by atoms with Gasteiger partial charge in [-0.2, -0.15) is 14.7 Å². The number of nitrogens with zero attached hydrogens (tertiary/aromatic N) is 6. The maximum atomic E-state index is 14.3. The quantitative estimate of drug-likeness (QED) is 0.272. The van der Waals surface area contributed by atoms with Crippen LogP contribution in [0.3, 0.4) is 0 Å². The number of amides is 1. The zero-order valence-corrected chi connectivity index (χ0v) is 23.9. The van der Waals surface area contributed by atoms with Gasteiger partial charge in [-0.25, -0.2) is 17.8 Å². The van der Waals surface area contributed by atoms with E-state index in [4.69, 9.17) is 16.5 Å². The lowest BCUT2D eigenvalue weighted by molar-refractivity contribution is 0.0562. The van der Waals surface area contributed by atoms with Crippen molar-refractivity contribution in [1.29, 1.82) is 0 Å². The van der Waals surface area contributed by atoms with E-state index in [1.54, 1.807) is 42.7 Å². The number of sulfone groups is 1. The van der Waals surface area contributed by atoms with E-state index in [1.807, 2.05) is 4.90 Å². The summed E-state index contributed by atoms with van der Waals surface area (Å²) in [4.78, 5) is 24.5. The van der Waals surface area contributed by atoms with Crippen LogP contribution >= 0.6 is 0 Å². The predicted octanol–water partition coefficient (Wildman–Crippen LogP) is 3.44. The summed E-state index contributed by atoms with van der Waals surface area (Å²) in [5, 5.41) is 10.9. The first-order chi connectivity index (χ1) is 20.6. The first kappa shape index (κ1) is 27.0. The maximum absolute atomic E-state index is 14.3. The molecule has 2 fully saturated rings. The van der Waals surface area contributed by atoms with Gasteiger partial charge in [0.25, 0.3) is 5.91 Å². The van der Waals surface area contributed by atoms with Gasteiger partial charge in [0.15, 0.2) is 15.5 Å². The molecule has 0 saturated carbocycles. The van der Waals surface area contributed by atoms with E-state index in [0.29, 0.717) is 52.3 Å². The molecule has 0 aliphatic carbocycles. The molecule has 1 unspecified atom stereocenters. The number of carbonyl (C=O) groups excluding carboxylic acids is 1. The number of halogens is 1. The molecule has 14 heteroatoms. The highest BCUT2D eigenvalue weighted by atomic mass is 32.2. The summed E-state index contributed by atoms with van der Waals surface area (Å²) >= 11 is 0. The smallest absolute Gasteiger partial charge is 0.272 e. The molecule has 1 amide bonds. The summed E-state index contributed by atoms with van der Waals surface area (Å²) in [5.41, 5.74) is 15.4. The first-order valence-electron chi connectivity index (χ1n) is 13.8. The molecule has 43 heavy (non-hydrogen) atoms. The number of piperidine rings is 1. The summed E-state index contributed by atoms with van der Waals surface area (Å²) in [6, 6.07) is 11.2. The summed E-state index contributed by atoms with van der Waals surface area (Å²) in [7, 11) is -3.79. The molecule has 4 aromatic heterocycles. The van der Waals surface area contributed by atoms with Crippen molar-refractivity contribution in [2.75, 3.05) is 17.7 Å². The van der Waals surface area contributed by atoms with Gasteiger partial charge in [0.1, 0.15) is 28.0 Å². The highest BCUT2D eigenvalue weighted by molar-refractivity contribution is 7.91. The SMILES string of the molecule is CS(=O)(=O)c1c(C2C[C@H]3CC[C@@H](C2)N3C(=O)c2cc(N)n[nH]2)nc2c(-c3ccc(-c4ccccc4F)nc3)cnn2c1N. The average molecular weight is 602 g/mol. The number of benzene rings is 1. The second kappa shape index (κ2) is 9.87. The van der Waals surface area contributed by atoms with Crippen molar-refractivity contribution in [3.05, 3.63) is 72.1 Å². The Bertz CT molecular complexity index is 1990. The molecule has 7 rings (SSSR count). The molecule has 2 bridgehead atoms. The molecule has 0 spiro atoms. The Hall–Kier alpha value is -4.85. The molecule has 5 N–H and O–H groups in total. The Balaban J connectivity index is 1.28. The minimum atomic E-state index is -3.79. The van der Waals surface area contributed by atoms with Crippen LogP contribution in [0, 0.1) is 5.82 Å². The van der Waals surface area contributed by atoms with Crippen LogP contribution in [0.2, 0.25) is 0 Å². The molecule has 12 nitrogen and oxygen atoms in total. The Morgan fingerprint density at radius 1 is 1.05 bits per heavy atom. The average Bonchev–Trinajstić information content (AvgIpc) is 3.68. The molecule has 2 aliphatic rings. The van der Waals surface area contributed by atoms with Crippen molar-refractivity contribution in [1.82, 2.24) is 34.7 Å². The monoisotopic (exact) mass is 601 g/mol. The van der Waals surface area contributed by atoms with Gasteiger partial charge in [0, 0.05) is 53.2 Å². The van der Waals surface area contributed by atoms with Gasteiger partial charge in [-0.05, 0) is 43.9 Å². The minimum absolute atomic E-state index is 0.0246. The van der Waals surface area contributed by atoms with E-state index in [0.717, 1.165) is 19.1 Å². The van der Waals surface area contributed by atoms with Crippen LogP contribution in [0.15, 0.2) is 59.8 Å². The van der Waals surface area contributed by atoms with Crippen molar-refractivity contribution in [2.45, 2.75) is 48.6 Å². The number of hydrogen-bond donors (Lipinski definition) is 3. The standard InChI is InChI=1S/C29H28FN9O3S/c1-43(41,42)26-25(16-10-17-7-8-18(11-16)38(17)29(40)23-12-24(31)37-36-23)35-28-20(14-34-39(28)27(26)32)15-6-9-22(33-13-15)19-4-2-3-5-21(19)30/h2-6,9,12-14,16-18H,7-8,10-11,32H2,1H3,(H3,31,36,37)/t16?,17-,18+. The fraction of sp³-hybridized carbons (Fsp3) is 0.276. The van der Waals surface area contributed by atoms with Gasteiger partial charge in [0.05, 0.1) is 17.6 Å². The summed E-state index contributed by atoms with van der Waals surface area (Å²) < 4.78 is 41.8. The van der Waals surface area contributed by atoms with E-state index in [-0.39, 0.29) is 46.3 Å².